The zero-order valence-corrected chi connectivity index (χ0v) is 8.27. The van der Waals surface area contributed by atoms with Crippen molar-refractivity contribution in [1.29, 1.82) is 0 Å². The second-order valence-electron chi connectivity index (χ2n) is 1.69. The van der Waals surface area contributed by atoms with Crippen LogP contribution in [0.15, 0.2) is 0 Å². The molecule has 0 bridgehead atoms. The molecule has 0 nitrogen and oxygen atoms in total. The summed E-state index contributed by atoms with van der Waals surface area (Å²) in [6.45, 7) is 0. The molecule has 0 unspecified atom stereocenters. The Morgan fingerprint density at radius 1 is 1.20 bits per heavy atom. The summed E-state index contributed by atoms with van der Waals surface area (Å²) in [5.41, 5.74) is 0. The molecule has 0 aliphatic rings. The molecule has 2 heteroatoms. The Bertz CT molecular complexity index is 22.4. The van der Waals surface area contributed by atoms with Gasteiger partial charge in [0.25, 0.3) is 0 Å². The minimum atomic E-state index is -1.05. The summed E-state index contributed by atoms with van der Waals surface area (Å²) in [7, 11) is 0. The van der Waals surface area contributed by atoms with Gasteiger partial charge < -0.3 is 0 Å². The molecule has 0 aliphatic heterocycles. The molecular formula is C3H9ITe. The van der Waals surface area contributed by atoms with E-state index in [1.807, 2.05) is 0 Å². The van der Waals surface area contributed by atoms with Crippen LogP contribution in [-0.4, -0.2) is 14.2 Å². The van der Waals surface area contributed by atoms with Gasteiger partial charge in [0.2, 0.25) is 0 Å². The van der Waals surface area contributed by atoms with E-state index in [2.05, 4.69) is 33.6 Å². The molecule has 0 N–H and O–H groups in total. The molecule has 0 amide bonds. The molecule has 0 heterocycles. The van der Waals surface area contributed by atoms with Crippen molar-refractivity contribution < 1.29 is 0 Å². The van der Waals surface area contributed by atoms with Gasteiger partial charge in [-0.2, -0.15) is 0 Å². The van der Waals surface area contributed by atoms with Crippen molar-refractivity contribution >= 4 is 32.9 Å². The first kappa shape index (κ1) is 6.52. The Labute approximate surface area is 47.4 Å². The Kier molecular flexibility index (Phi) is 2.60. The molecule has 0 atom stereocenters. The van der Waals surface area contributed by atoms with Crippen LogP contribution in [0.25, 0.3) is 0 Å². The van der Waals surface area contributed by atoms with Gasteiger partial charge in [-0.15, -0.1) is 0 Å². The summed E-state index contributed by atoms with van der Waals surface area (Å²) in [6, 6.07) is 0. The second-order valence-corrected chi connectivity index (χ2v) is 29.0. The van der Waals surface area contributed by atoms with Crippen LogP contribution in [0.3, 0.4) is 0 Å². The van der Waals surface area contributed by atoms with E-state index in [1.54, 1.807) is 0 Å². The van der Waals surface area contributed by atoms with Crippen LogP contribution in [0.4, 0.5) is 0 Å². The third kappa shape index (κ3) is 29.6. The van der Waals surface area contributed by atoms with Gasteiger partial charge in [0.15, 0.2) is 0 Å². The van der Waals surface area contributed by atoms with E-state index in [0.29, 0.717) is 0 Å². The molecule has 0 aliphatic carbocycles. The van der Waals surface area contributed by atoms with Crippen LogP contribution in [0.2, 0.25) is 14.9 Å². The van der Waals surface area contributed by atoms with Crippen molar-refractivity contribution in [3.63, 3.8) is 0 Å². The molecule has 0 aromatic heterocycles. The predicted octanol–water partition coefficient (Wildman–Crippen LogP) is 2.26. The van der Waals surface area contributed by atoms with Crippen molar-refractivity contribution in [2.45, 2.75) is 14.9 Å². The van der Waals surface area contributed by atoms with Gasteiger partial charge in [0, 0.05) is 0 Å². The fourth-order valence-corrected chi connectivity index (χ4v) is 0. The van der Waals surface area contributed by atoms with Crippen LogP contribution < -0.4 is 0 Å². The van der Waals surface area contributed by atoms with Gasteiger partial charge in [0.05, 0.1) is 0 Å². The summed E-state index contributed by atoms with van der Waals surface area (Å²) in [5, 5.41) is 0. The first-order valence-electron chi connectivity index (χ1n) is 1.38. The second kappa shape index (κ2) is 1.99. The molecule has 0 aromatic rings. The van der Waals surface area contributed by atoms with Gasteiger partial charge in [-0.3, -0.25) is 0 Å². The fraction of sp³-hybridized carbons (Fsp3) is 1.00. The van der Waals surface area contributed by atoms with E-state index in [0.717, 1.165) is 0 Å². The zero-order chi connectivity index (χ0) is 4.50. The van der Waals surface area contributed by atoms with Crippen molar-refractivity contribution in [2.24, 2.45) is 0 Å². The number of rotatable bonds is 0. The SMILES string of the molecule is C[Te](C)(C)I. The average molecular weight is 300 g/mol. The molecule has 0 aromatic carbocycles. The molecule has 34 valence electrons. The summed E-state index contributed by atoms with van der Waals surface area (Å²) >= 11 is 1.52. The third-order valence-corrected chi connectivity index (χ3v) is 0. The van der Waals surface area contributed by atoms with Gasteiger partial charge in [-0.25, -0.2) is 0 Å². The summed E-state index contributed by atoms with van der Waals surface area (Å²) < 4.78 is 0. The quantitative estimate of drug-likeness (QED) is 0.475. The van der Waals surface area contributed by atoms with Crippen molar-refractivity contribution in [2.75, 3.05) is 0 Å². The van der Waals surface area contributed by atoms with Crippen molar-refractivity contribution in [3.05, 3.63) is 0 Å². The molecule has 0 radical (unpaired) electrons. The zero-order valence-electron chi connectivity index (χ0n) is 3.79. The standard InChI is InChI=1S/C3H9ITe/c1-5(2,3)4/h1-3H3. The number of hydrogen-bond donors (Lipinski definition) is 0. The Morgan fingerprint density at radius 3 is 1.20 bits per heavy atom. The monoisotopic (exact) mass is 302 g/mol. The van der Waals surface area contributed by atoms with Crippen LogP contribution in [0.5, 0.6) is 0 Å². The van der Waals surface area contributed by atoms with Gasteiger partial charge >= 0.3 is 47.8 Å². The normalized spacial score (nSPS) is 15.2. The molecule has 5 heavy (non-hydrogen) atoms. The Morgan fingerprint density at radius 2 is 1.20 bits per heavy atom. The molecule has 0 saturated carbocycles. The van der Waals surface area contributed by atoms with E-state index in [1.165, 1.54) is 0 Å². The Balaban J connectivity index is 3.02. The van der Waals surface area contributed by atoms with Crippen LogP contribution in [0, 0.1) is 0 Å². The number of hydrogen-bond acceptors (Lipinski definition) is 0. The molecule has 0 saturated heterocycles. The maximum atomic E-state index is 2.57. The first-order valence-corrected chi connectivity index (χ1v) is 15.2. The van der Waals surface area contributed by atoms with Crippen molar-refractivity contribution in [1.82, 2.24) is 0 Å². The van der Waals surface area contributed by atoms with Crippen LogP contribution in [0.1, 0.15) is 0 Å². The van der Waals surface area contributed by atoms with E-state index in [-0.39, 0.29) is 0 Å². The van der Waals surface area contributed by atoms with E-state index >= 15 is 0 Å². The summed E-state index contributed by atoms with van der Waals surface area (Å²) in [6.07, 6.45) is 0. The minimum absolute atomic E-state index is 1.05. The Hall–Kier alpha value is 1.52. The van der Waals surface area contributed by atoms with Gasteiger partial charge in [-0.1, -0.05) is 0 Å². The van der Waals surface area contributed by atoms with E-state index < -0.39 is 14.2 Å². The summed E-state index contributed by atoms with van der Waals surface area (Å²) in [5.74, 6) is 0. The molecule has 0 spiro atoms. The van der Waals surface area contributed by atoms with E-state index in [9.17, 15) is 0 Å². The average Bonchev–Trinajstić information content (AvgIpc) is 0.722. The van der Waals surface area contributed by atoms with Crippen LogP contribution in [-0.2, 0) is 0 Å². The predicted molar refractivity (Wildman–Crippen MR) is 37.4 cm³/mol. The topological polar surface area (TPSA) is 0 Å². The number of halogens is 1. The fourth-order valence-electron chi connectivity index (χ4n) is 0. The van der Waals surface area contributed by atoms with E-state index in [4.69, 9.17) is 0 Å². The molecule has 0 rings (SSSR count). The third-order valence-electron chi connectivity index (χ3n) is 0. The summed E-state index contributed by atoms with van der Waals surface area (Å²) in [4.78, 5) is 7.09. The molecule has 0 fully saturated rings. The molecular weight excluding hydrogens is 291 g/mol. The van der Waals surface area contributed by atoms with Gasteiger partial charge in [-0.05, 0) is 0 Å². The first-order chi connectivity index (χ1) is 2.00. The van der Waals surface area contributed by atoms with Crippen LogP contribution >= 0.6 is 18.7 Å². The van der Waals surface area contributed by atoms with Gasteiger partial charge in [0.1, 0.15) is 0 Å². The van der Waals surface area contributed by atoms with Crippen molar-refractivity contribution in [3.8, 4) is 0 Å². The maximum absolute atomic E-state index is 2.57.